The summed E-state index contributed by atoms with van der Waals surface area (Å²) in [7, 11) is 0. The fourth-order valence-electron chi connectivity index (χ4n) is 1.88. The maximum Gasteiger partial charge on any atom is 0.323 e. The van der Waals surface area contributed by atoms with Crippen molar-refractivity contribution in [2.75, 3.05) is 6.54 Å². The van der Waals surface area contributed by atoms with Crippen LogP contribution in [0.5, 0.6) is 11.5 Å². The Labute approximate surface area is 117 Å². The number of carbonyl (C=O) groups is 1. The topological polar surface area (TPSA) is 110 Å². The summed E-state index contributed by atoms with van der Waals surface area (Å²) in [6.07, 6.45) is 1.53. The van der Waals surface area contributed by atoms with E-state index < -0.39 is 23.9 Å². The van der Waals surface area contributed by atoms with Crippen LogP contribution in [0, 0.1) is 0 Å². The molecule has 0 saturated heterocycles. The number of benzene rings is 1. The number of aliphatic hydroxyl groups excluding tert-OH is 1. The van der Waals surface area contributed by atoms with Crippen molar-refractivity contribution >= 4 is 5.97 Å². The lowest BCUT2D eigenvalue weighted by molar-refractivity contribution is -0.142. The fourth-order valence-corrected chi connectivity index (χ4v) is 1.88. The minimum absolute atomic E-state index is 0.232. The zero-order valence-electron chi connectivity index (χ0n) is 11.4. The SMILES string of the molecule is CCCCCN[C@H](C(=O)O)C(O)c1ccc(O)c(O)c1. The van der Waals surface area contributed by atoms with Gasteiger partial charge in [-0.15, -0.1) is 0 Å². The Morgan fingerprint density at radius 1 is 1.25 bits per heavy atom. The molecule has 5 N–H and O–H groups in total. The number of carboxylic acid groups (broad SMARTS) is 1. The van der Waals surface area contributed by atoms with Gasteiger partial charge < -0.3 is 25.7 Å². The monoisotopic (exact) mass is 283 g/mol. The fraction of sp³-hybridized carbons (Fsp3) is 0.500. The number of carboxylic acids is 1. The van der Waals surface area contributed by atoms with E-state index in [2.05, 4.69) is 5.32 Å². The maximum absolute atomic E-state index is 11.2. The molecule has 1 unspecified atom stereocenters. The van der Waals surface area contributed by atoms with Crippen LogP contribution in [0.3, 0.4) is 0 Å². The van der Waals surface area contributed by atoms with Crippen LogP contribution in [0.2, 0.25) is 0 Å². The number of phenols is 2. The predicted octanol–water partition coefficient (Wildman–Crippen LogP) is 1.36. The Morgan fingerprint density at radius 3 is 2.50 bits per heavy atom. The molecule has 6 nitrogen and oxygen atoms in total. The first-order valence-electron chi connectivity index (χ1n) is 6.63. The normalized spacial score (nSPS) is 13.9. The second-order valence-corrected chi connectivity index (χ2v) is 4.67. The molecule has 0 amide bonds. The molecule has 0 radical (unpaired) electrons. The van der Waals surface area contributed by atoms with Gasteiger partial charge in [0.1, 0.15) is 12.1 Å². The van der Waals surface area contributed by atoms with Crippen molar-refractivity contribution in [3.63, 3.8) is 0 Å². The van der Waals surface area contributed by atoms with Gasteiger partial charge in [0.15, 0.2) is 11.5 Å². The lowest BCUT2D eigenvalue weighted by Crippen LogP contribution is -2.42. The molecule has 0 saturated carbocycles. The van der Waals surface area contributed by atoms with E-state index in [0.717, 1.165) is 25.3 Å². The number of aromatic hydroxyl groups is 2. The standard InChI is InChI=1S/C14H21NO5/c1-2-3-4-7-15-12(14(19)20)13(18)9-5-6-10(16)11(17)8-9/h5-6,8,12-13,15-18H,2-4,7H2,1H3,(H,19,20)/t12-,13?/m0/s1. The first-order chi connectivity index (χ1) is 9.47. The van der Waals surface area contributed by atoms with Crippen LogP contribution in [0.25, 0.3) is 0 Å². The number of hydrogen-bond donors (Lipinski definition) is 5. The quantitative estimate of drug-likeness (QED) is 0.364. The summed E-state index contributed by atoms with van der Waals surface area (Å²) in [5.41, 5.74) is 0.232. The Bertz CT molecular complexity index is 449. The van der Waals surface area contributed by atoms with Gasteiger partial charge in [0.05, 0.1) is 0 Å². The summed E-state index contributed by atoms with van der Waals surface area (Å²) < 4.78 is 0. The van der Waals surface area contributed by atoms with Crippen molar-refractivity contribution in [3.05, 3.63) is 23.8 Å². The smallest absolute Gasteiger partial charge is 0.323 e. The van der Waals surface area contributed by atoms with Gasteiger partial charge >= 0.3 is 5.97 Å². The number of hydrogen-bond acceptors (Lipinski definition) is 5. The molecule has 0 aliphatic rings. The maximum atomic E-state index is 11.2. The molecule has 0 bridgehead atoms. The van der Waals surface area contributed by atoms with E-state index >= 15 is 0 Å². The van der Waals surface area contributed by atoms with E-state index in [1.165, 1.54) is 12.1 Å². The van der Waals surface area contributed by atoms with Crippen molar-refractivity contribution in [2.45, 2.75) is 38.3 Å². The minimum Gasteiger partial charge on any atom is -0.504 e. The van der Waals surface area contributed by atoms with Crippen molar-refractivity contribution < 1.29 is 25.2 Å². The van der Waals surface area contributed by atoms with Crippen LogP contribution in [0.4, 0.5) is 0 Å². The summed E-state index contributed by atoms with van der Waals surface area (Å²) in [6, 6.07) is 2.59. The van der Waals surface area contributed by atoms with Gasteiger partial charge in [-0.2, -0.15) is 0 Å². The predicted molar refractivity (Wildman–Crippen MR) is 73.7 cm³/mol. The number of phenolic OH excluding ortho intramolecular Hbond substituents is 2. The van der Waals surface area contributed by atoms with Crippen LogP contribution in [0.1, 0.15) is 37.9 Å². The van der Waals surface area contributed by atoms with E-state index in [1.807, 2.05) is 6.92 Å². The van der Waals surface area contributed by atoms with E-state index in [9.17, 15) is 20.1 Å². The van der Waals surface area contributed by atoms with Crippen molar-refractivity contribution in [1.29, 1.82) is 0 Å². The lowest BCUT2D eigenvalue weighted by atomic mass is 10.0. The van der Waals surface area contributed by atoms with E-state index in [-0.39, 0.29) is 11.3 Å². The number of aliphatic hydroxyl groups is 1. The molecule has 0 heterocycles. The molecule has 20 heavy (non-hydrogen) atoms. The average Bonchev–Trinajstić information content (AvgIpc) is 2.41. The van der Waals surface area contributed by atoms with Gasteiger partial charge in [-0.05, 0) is 30.7 Å². The lowest BCUT2D eigenvalue weighted by Gasteiger charge is -2.21. The molecule has 1 aromatic carbocycles. The van der Waals surface area contributed by atoms with Crippen LogP contribution in [-0.4, -0.2) is 39.0 Å². The first kappa shape index (κ1) is 16.3. The highest BCUT2D eigenvalue weighted by Crippen LogP contribution is 2.29. The molecule has 0 aliphatic carbocycles. The van der Waals surface area contributed by atoms with Crippen molar-refractivity contribution in [3.8, 4) is 11.5 Å². The molecule has 1 rings (SSSR count). The number of unbranched alkanes of at least 4 members (excludes halogenated alkanes) is 2. The largest absolute Gasteiger partial charge is 0.504 e. The molecule has 6 heteroatoms. The number of nitrogens with one attached hydrogen (secondary N) is 1. The second kappa shape index (κ2) is 7.72. The Balaban J connectivity index is 2.74. The van der Waals surface area contributed by atoms with E-state index in [0.29, 0.717) is 6.54 Å². The molecule has 0 fully saturated rings. The minimum atomic E-state index is -1.30. The van der Waals surface area contributed by atoms with Gasteiger partial charge in [0, 0.05) is 0 Å². The third kappa shape index (κ3) is 4.40. The summed E-state index contributed by atoms with van der Waals surface area (Å²) in [5, 5.41) is 40.6. The molecular formula is C14H21NO5. The highest BCUT2D eigenvalue weighted by Gasteiger charge is 2.27. The first-order valence-corrected chi connectivity index (χ1v) is 6.63. The zero-order valence-corrected chi connectivity index (χ0v) is 11.4. The van der Waals surface area contributed by atoms with Gasteiger partial charge in [-0.1, -0.05) is 25.8 Å². The van der Waals surface area contributed by atoms with Gasteiger partial charge in [-0.25, -0.2) is 0 Å². The Kier molecular flexibility index (Phi) is 6.27. The van der Waals surface area contributed by atoms with Crippen molar-refractivity contribution in [2.24, 2.45) is 0 Å². The molecular weight excluding hydrogens is 262 g/mol. The van der Waals surface area contributed by atoms with E-state index in [4.69, 9.17) is 5.11 Å². The molecule has 0 aromatic heterocycles. The van der Waals surface area contributed by atoms with Gasteiger partial charge in [0.2, 0.25) is 0 Å². The summed E-state index contributed by atoms with van der Waals surface area (Å²) in [6.45, 7) is 2.54. The average molecular weight is 283 g/mol. The van der Waals surface area contributed by atoms with Crippen LogP contribution in [-0.2, 0) is 4.79 Å². The number of rotatable bonds is 8. The number of aliphatic carboxylic acids is 1. The van der Waals surface area contributed by atoms with Gasteiger partial charge in [-0.3, -0.25) is 4.79 Å². The Morgan fingerprint density at radius 2 is 1.95 bits per heavy atom. The highest BCUT2D eigenvalue weighted by atomic mass is 16.4. The third-order valence-electron chi connectivity index (χ3n) is 3.07. The third-order valence-corrected chi connectivity index (χ3v) is 3.07. The molecule has 2 atom stereocenters. The zero-order chi connectivity index (χ0) is 15.1. The van der Waals surface area contributed by atoms with Crippen LogP contribution in [0.15, 0.2) is 18.2 Å². The molecule has 0 aliphatic heterocycles. The van der Waals surface area contributed by atoms with E-state index in [1.54, 1.807) is 0 Å². The second-order valence-electron chi connectivity index (χ2n) is 4.67. The molecule has 112 valence electrons. The molecule has 0 spiro atoms. The van der Waals surface area contributed by atoms with Crippen molar-refractivity contribution in [1.82, 2.24) is 5.32 Å². The van der Waals surface area contributed by atoms with Crippen LogP contribution >= 0.6 is 0 Å². The van der Waals surface area contributed by atoms with Gasteiger partial charge in [0.25, 0.3) is 0 Å². The summed E-state index contributed by atoms with van der Waals surface area (Å²) in [4.78, 5) is 11.2. The summed E-state index contributed by atoms with van der Waals surface area (Å²) in [5.74, 6) is -1.87. The summed E-state index contributed by atoms with van der Waals surface area (Å²) >= 11 is 0. The highest BCUT2D eigenvalue weighted by molar-refractivity contribution is 5.74. The Hall–Kier alpha value is -1.79. The molecule has 1 aromatic rings. The van der Waals surface area contributed by atoms with Crippen LogP contribution < -0.4 is 5.32 Å².